The fraction of sp³-hybridized carbons (Fsp3) is 0. The smallest absolute Gasteiger partial charge is 0.343 e. The molecule has 2 rings (SSSR count). The van der Waals surface area contributed by atoms with Crippen LogP contribution in [-0.4, -0.2) is 12.3 Å². The van der Waals surface area contributed by atoms with E-state index >= 15 is 0 Å². The van der Waals surface area contributed by atoms with Crippen LogP contribution in [0.5, 0.6) is 5.75 Å². The van der Waals surface area contributed by atoms with Crippen LogP contribution in [0.15, 0.2) is 45.3 Å². The molecule has 0 amide bonds. The summed E-state index contributed by atoms with van der Waals surface area (Å²) in [6, 6.07) is 9.56. The minimum Gasteiger partial charge on any atom is -0.421 e. The number of ether oxygens (including phenoxy) is 1. The molecule has 2 aromatic carbocycles. The van der Waals surface area contributed by atoms with Crippen molar-refractivity contribution in [3.05, 3.63) is 61.5 Å². The molecule has 102 valence electrons. The van der Waals surface area contributed by atoms with Gasteiger partial charge in [-0.25, -0.2) is 4.79 Å². The lowest BCUT2D eigenvalue weighted by atomic mass is 10.2. The monoisotopic (exact) mass is 416 g/mol. The fourth-order valence-corrected chi connectivity index (χ4v) is 2.98. The van der Waals surface area contributed by atoms with Crippen molar-refractivity contribution < 1.29 is 14.3 Å². The molecule has 0 aliphatic carbocycles. The first-order valence-corrected chi connectivity index (χ1v) is 7.39. The third-order valence-electron chi connectivity index (χ3n) is 2.44. The molecule has 2 aromatic rings. The predicted molar refractivity (Wildman–Crippen MR) is 83.6 cm³/mol. The summed E-state index contributed by atoms with van der Waals surface area (Å²) in [5.74, 6) is -0.379. The van der Waals surface area contributed by atoms with Gasteiger partial charge in [0.15, 0.2) is 12.0 Å². The maximum Gasteiger partial charge on any atom is 0.343 e. The molecule has 0 spiro atoms. The zero-order valence-corrected chi connectivity index (χ0v) is 13.8. The minimum atomic E-state index is -0.562. The summed E-state index contributed by atoms with van der Waals surface area (Å²) in [4.78, 5) is 23.1. The quantitative estimate of drug-likeness (QED) is 0.405. The average molecular weight is 418 g/mol. The zero-order chi connectivity index (χ0) is 14.7. The lowest BCUT2D eigenvalue weighted by Crippen LogP contribution is -2.10. The molecule has 0 aliphatic rings. The van der Waals surface area contributed by atoms with Gasteiger partial charge in [-0.2, -0.15) is 0 Å². The maximum atomic E-state index is 12.0. The van der Waals surface area contributed by atoms with E-state index < -0.39 is 5.97 Å². The Kier molecular flexibility index (Phi) is 4.96. The number of rotatable bonds is 3. The summed E-state index contributed by atoms with van der Waals surface area (Å²) in [5.41, 5.74) is 0.620. The summed E-state index contributed by atoms with van der Waals surface area (Å²) >= 11 is 12.3. The van der Waals surface area contributed by atoms with Crippen molar-refractivity contribution in [2.24, 2.45) is 0 Å². The van der Waals surface area contributed by atoms with Gasteiger partial charge in [-0.15, -0.1) is 0 Å². The van der Waals surface area contributed by atoms with Gasteiger partial charge in [0.05, 0.1) is 15.6 Å². The molecule has 0 aliphatic heterocycles. The van der Waals surface area contributed by atoms with Crippen LogP contribution in [-0.2, 0) is 0 Å². The van der Waals surface area contributed by atoms with E-state index in [-0.39, 0.29) is 11.3 Å². The Morgan fingerprint density at radius 2 is 1.80 bits per heavy atom. The molecule has 0 fully saturated rings. The van der Waals surface area contributed by atoms with Gasteiger partial charge in [0.25, 0.3) is 0 Å². The van der Waals surface area contributed by atoms with E-state index in [1.54, 1.807) is 36.4 Å². The van der Waals surface area contributed by atoms with Gasteiger partial charge in [-0.05, 0) is 52.3 Å². The molecule has 0 bridgehead atoms. The van der Waals surface area contributed by atoms with Gasteiger partial charge in [0, 0.05) is 9.50 Å². The second kappa shape index (κ2) is 6.52. The van der Waals surface area contributed by atoms with Gasteiger partial charge < -0.3 is 4.74 Å². The lowest BCUT2D eigenvalue weighted by Gasteiger charge is -2.09. The van der Waals surface area contributed by atoms with Crippen LogP contribution < -0.4 is 4.74 Å². The molecule has 0 N–H and O–H groups in total. The number of hydrogen-bond acceptors (Lipinski definition) is 3. The molecule has 3 nitrogen and oxygen atoms in total. The molecule has 0 unspecified atom stereocenters. The van der Waals surface area contributed by atoms with Crippen LogP contribution in [0.2, 0.25) is 5.02 Å². The van der Waals surface area contributed by atoms with Gasteiger partial charge >= 0.3 is 5.97 Å². The Labute approximate surface area is 137 Å². The first kappa shape index (κ1) is 15.2. The number of benzene rings is 2. The average Bonchev–Trinajstić information content (AvgIpc) is 2.42. The molecular weight excluding hydrogens is 411 g/mol. The van der Waals surface area contributed by atoms with Gasteiger partial charge in [-0.3, -0.25) is 4.79 Å². The molecule has 20 heavy (non-hydrogen) atoms. The largest absolute Gasteiger partial charge is 0.421 e. The van der Waals surface area contributed by atoms with Crippen molar-refractivity contribution >= 4 is 55.7 Å². The number of carbonyl (C=O) groups excluding carboxylic acids is 2. The second-order valence-corrected chi connectivity index (χ2v) is 6.03. The Balaban J connectivity index is 2.32. The molecule has 0 heterocycles. The van der Waals surface area contributed by atoms with E-state index in [9.17, 15) is 9.59 Å². The lowest BCUT2D eigenvalue weighted by molar-refractivity contribution is 0.0732. The third kappa shape index (κ3) is 3.48. The van der Waals surface area contributed by atoms with Gasteiger partial charge in [0.1, 0.15) is 0 Å². The molecule has 0 atom stereocenters. The third-order valence-corrected chi connectivity index (χ3v) is 3.74. The van der Waals surface area contributed by atoms with Crippen molar-refractivity contribution in [1.29, 1.82) is 0 Å². The van der Waals surface area contributed by atoms with Crippen molar-refractivity contribution in [2.45, 2.75) is 0 Å². The molecule has 0 saturated heterocycles. The van der Waals surface area contributed by atoms with Crippen LogP contribution in [0, 0.1) is 0 Å². The van der Waals surface area contributed by atoms with E-state index in [1.807, 2.05) is 0 Å². The second-order valence-electron chi connectivity index (χ2n) is 3.82. The van der Waals surface area contributed by atoms with Crippen LogP contribution in [0.25, 0.3) is 0 Å². The Bertz CT molecular complexity index is 669. The summed E-state index contributed by atoms with van der Waals surface area (Å²) in [5, 5.41) is 0.528. The molecular formula is C14H7Br2ClO3. The number of carbonyl (C=O) groups is 2. The summed E-state index contributed by atoms with van der Waals surface area (Å²) in [6.07, 6.45) is 0.625. The summed E-state index contributed by atoms with van der Waals surface area (Å²) < 4.78 is 6.48. The Morgan fingerprint density at radius 3 is 2.40 bits per heavy atom. The highest BCUT2D eigenvalue weighted by Gasteiger charge is 2.15. The van der Waals surface area contributed by atoms with Crippen LogP contribution in [0.4, 0.5) is 0 Å². The highest BCUT2D eigenvalue weighted by atomic mass is 79.9. The SMILES string of the molecule is O=Cc1cc(Br)cc(Br)c1OC(=O)c1ccc(Cl)cc1. The number of halogens is 3. The number of esters is 1. The topological polar surface area (TPSA) is 43.4 Å². The first-order chi connectivity index (χ1) is 9.51. The van der Waals surface area contributed by atoms with Crippen LogP contribution in [0.1, 0.15) is 20.7 Å². The summed E-state index contributed by atoms with van der Waals surface area (Å²) in [7, 11) is 0. The zero-order valence-electron chi connectivity index (χ0n) is 9.90. The van der Waals surface area contributed by atoms with Crippen LogP contribution >= 0.6 is 43.5 Å². The van der Waals surface area contributed by atoms with Crippen molar-refractivity contribution in [2.75, 3.05) is 0 Å². The van der Waals surface area contributed by atoms with Crippen molar-refractivity contribution in [1.82, 2.24) is 0 Å². The highest BCUT2D eigenvalue weighted by molar-refractivity contribution is 9.11. The van der Waals surface area contributed by atoms with Gasteiger partial charge in [0.2, 0.25) is 0 Å². The number of hydrogen-bond donors (Lipinski definition) is 0. The Morgan fingerprint density at radius 1 is 1.15 bits per heavy atom. The van der Waals surface area contributed by atoms with E-state index in [4.69, 9.17) is 16.3 Å². The fourth-order valence-electron chi connectivity index (χ4n) is 1.51. The Hall–Kier alpha value is -1.17. The van der Waals surface area contributed by atoms with E-state index in [0.29, 0.717) is 25.8 Å². The van der Waals surface area contributed by atoms with E-state index in [1.165, 1.54) is 0 Å². The van der Waals surface area contributed by atoms with Crippen molar-refractivity contribution in [3.63, 3.8) is 0 Å². The minimum absolute atomic E-state index is 0.183. The number of aldehydes is 1. The first-order valence-electron chi connectivity index (χ1n) is 5.43. The molecule has 0 saturated carbocycles. The van der Waals surface area contributed by atoms with Crippen LogP contribution in [0.3, 0.4) is 0 Å². The van der Waals surface area contributed by atoms with E-state index in [2.05, 4.69) is 31.9 Å². The maximum absolute atomic E-state index is 12.0. The summed E-state index contributed by atoms with van der Waals surface area (Å²) in [6.45, 7) is 0. The molecule has 6 heteroatoms. The van der Waals surface area contributed by atoms with Gasteiger partial charge in [-0.1, -0.05) is 27.5 Å². The normalized spacial score (nSPS) is 10.2. The molecule has 0 radical (unpaired) electrons. The predicted octanol–water partition coefficient (Wildman–Crippen LogP) is 4.90. The van der Waals surface area contributed by atoms with Crippen molar-refractivity contribution in [3.8, 4) is 5.75 Å². The molecule has 0 aromatic heterocycles. The standard InChI is InChI=1S/C14H7Br2ClO3/c15-10-5-9(7-18)13(12(16)6-10)20-14(19)8-1-3-11(17)4-2-8/h1-7H. The van der Waals surface area contributed by atoms with E-state index in [0.717, 1.165) is 0 Å². The highest BCUT2D eigenvalue weighted by Crippen LogP contribution is 2.32.